The highest BCUT2D eigenvalue weighted by Crippen LogP contribution is 2.29. The Labute approximate surface area is 157 Å². The van der Waals surface area contributed by atoms with Crippen LogP contribution in [0, 0.1) is 6.92 Å². The summed E-state index contributed by atoms with van der Waals surface area (Å²) in [7, 11) is 0. The van der Waals surface area contributed by atoms with Crippen LogP contribution in [0.25, 0.3) is 0 Å². The molecule has 0 amide bonds. The second kappa shape index (κ2) is 9.15. The molecule has 0 atom stereocenters. The molecule has 0 bridgehead atoms. The predicted molar refractivity (Wildman–Crippen MR) is 93.2 cm³/mol. The monoisotopic (exact) mass is 476 g/mol. The summed E-state index contributed by atoms with van der Waals surface area (Å²) < 4.78 is 42.3. The van der Waals surface area contributed by atoms with E-state index in [9.17, 15) is 13.2 Å². The van der Waals surface area contributed by atoms with Crippen molar-refractivity contribution in [3.63, 3.8) is 0 Å². The molecule has 0 aromatic carbocycles. The van der Waals surface area contributed by atoms with Gasteiger partial charge in [-0.2, -0.15) is 18.2 Å². The Bertz CT molecular complexity index is 672. The van der Waals surface area contributed by atoms with E-state index in [4.69, 9.17) is 4.52 Å². The Morgan fingerprint density at radius 2 is 2.08 bits per heavy atom. The summed E-state index contributed by atoms with van der Waals surface area (Å²) in [6.07, 6.45) is -4.43. The van der Waals surface area contributed by atoms with Crippen molar-refractivity contribution < 1.29 is 17.7 Å². The molecule has 2 N–H and O–H groups in total. The van der Waals surface area contributed by atoms with Crippen molar-refractivity contribution >= 4 is 41.3 Å². The summed E-state index contributed by atoms with van der Waals surface area (Å²) in [6.45, 7) is 4.48. The fraction of sp³-hybridized carbons (Fsp3) is 0.500. The fourth-order valence-electron chi connectivity index (χ4n) is 1.58. The van der Waals surface area contributed by atoms with Gasteiger partial charge in [0.2, 0.25) is 5.89 Å². The Hall–Kier alpha value is -1.44. The smallest absolute Gasteiger partial charge is 0.357 e. The van der Waals surface area contributed by atoms with Gasteiger partial charge in [0.05, 0.1) is 6.54 Å². The number of alkyl halides is 3. The Balaban J connectivity index is 0.00000288. The zero-order valence-electron chi connectivity index (χ0n) is 12.8. The van der Waals surface area contributed by atoms with Crippen molar-refractivity contribution in [3.8, 4) is 0 Å². The van der Waals surface area contributed by atoms with Gasteiger partial charge in [0, 0.05) is 18.8 Å². The van der Waals surface area contributed by atoms with Gasteiger partial charge >= 0.3 is 6.18 Å². The molecule has 0 unspecified atom stereocenters. The van der Waals surface area contributed by atoms with Crippen molar-refractivity contribution in [1.82, 2.24) is 25.8 Å². The first-order valence-corrected chi connectivity index (χ1v) is 7.59. The van der Waals surface area contributed by atoms with Gasteiger partial charge in [0.15, 0.2) is 17.5 Å². The molecular formula is C12H16F3IN6OS. The highest BCUT2D eigenvalue weighted by Gasteiger charge is 2.33. The van der Waals surface area contributed by atoms with E-state index >= 15 is 0 Å². The van der Waals surface area contributed by atoms with Gasteiger partial charge < -0.3 is 15.2 Å². The molecule has 7 nitrogen and oxygen atoms in total. The van der Waals surface area contributed by atoms with Crippen LogP contribution in [0.2, 0.25) is 0 Å². The number of aryl methyl sites for hydroxylation is 1. The molecule has 2 aromatic heterocycles. The number of aromatic nitrogens is 3. The number of thiazole rings is 1. The minimum absolute atomic E-state index is 0. The Morgan fingerprint density at radius 1 is 1.33 bits per heavy atom. The quantitative estimate of drug-likeness (QED) is 0.392. The molecule has 12 heteroatoms. The van der Waals surface area contributed by atoms with Gasteiger partial charge in [-0.3, -0.25) is 0 Å². The lowest BCUT2D eigenvalue weighted by Gasteiger charge is -2.09. The van der Waals surface area contributed by atoms with Crippen molar-refractivity contribution in [2.24, 2.45) is 4.99 Å². The average Bonchev–Trinajstić information content (AvgIpc) is 3.10. The molecule has 0 aliphatic carbocycles. The van der Waals surface area contributed by atoms with E-state index < -0.39 is 11.9 Å². The standard InChI is InChI=1S/C12H15F3N6OS.HI/c1-3-16-11(17-4-9-19-7(2)22-21-9)18-5-10-20-8(6-23-10)12(13,14)15;/h6H,3-5H2,1-2H3,(H2,16,17,18);1H. The zero-order chi connectivity index (χ0) is 16.9. The van der Waals surface area contributed by atoms with Crippen molar-refractivity contribution in [1.29, 1.82) is 0 Å². The summed E-state index contributed by atoms with van der Waals surface area (Å²) in [6, 6.07) is 0. The van der Waals surface area contributed by atoms with E-state index in [2.05, 4.69) is 30.8 Å². The highest BCUT2D eigenvalue weighted by molar-refractivity contribution is 14.0. The molecule has 2 rings (SSSR count). The van der Waals surface area contributed by atoms with E-state index in [1.54, 1.807) is 6.92 Å². The van der Waals surface area contributed by atoms with Crippen LogP contribution in [-0.2, 0) is 19.3 Å². The second-order valence-corrected chi connectivity index (χ2v) is 5.35. The third-order valence-electron chi connectivity index (χ3n) is 2.54. The molecule has 0 saturated carbocycles. The van der Waals surface area contributed by atoms with Crippen LogP contribution in [0.5, 0.6) is 0 Å². The largest absolute Gasteiger partial charge is 0.434 e. The van der Waals surface area contributed by atoms with Gasteiger partial charge in [0.25, 0.3) is 0 Å². The van der Waals surface area contributed by atoms with Crippen LogP contribution in [0.1, 0.15) is 29.3 Å². The molecule has 2 aromatic rings. The number of hydrogen-bond donors (Lipinski definition) is 2. The minimum atomic E-state index is -4.43. The topological polar surface area (TPSA) is 88.2 Å². The number of rotatable bonds is 5. The maximum atomic E-state index is 12.5. The first-order chi connectivity index (χ1) is 10.9. The first kappa shape index (κ1) is 20.6. The lowest BCUT2D eigenvalue weighted by Crippen LogP contribution is -2.36. The van der Waals surface area contributed by atoms with Crippen LogP contribution >= 0.6 is 35.3 Å². The summed E-state index contributed by atoms with van der Waals surface area (Å²) in [4.78, 5) is 11.8. The van der Waals surface area contributed by atoms with E-state index in [1.807, 2.05) is 6.92 Å². The van der Waals surface area contributed by atoms with Gasteiger partial charge in [0.1, 0.15) is 11.6 Å². The third-order valence-corrected chi connectivity index (χ3v) is 3.39. The number of nitrogens with one attached hydrogen (secondary N) is 2. The number of hydrogen-bond acceptors (Lipinski definition) is 6. The Morgan fingerprint density at radius 3 is 2.62 bits per heavy atom. The minimum Gasteiger partial charge on any atom is -0.357 e. The lowest BCUT2D eigenvalue weighted by atomic mass is 10.5. The SMILES string of the molecule is CCNC(=NCc1noc(C)n1)NCc1nc(C(F)(F)F)cs1.I. The molecule has 0 spiro atoms. The molecule has 0 fully saturated rings. The van der Waals surface area contributed by atoms with Crippen LogP contribution in [0.15, 0.2) is 14.9 Å². The van der Waals surface area contributed by atoms with Gasteiger partial charge in [-0.25, -0.2) is 9.98 Å². The van der Waals surface area contributed by atoms with Crippen molar-refractivity contribution in [2.75, 3.05) is 6.54 Å². The second-order valence-electron chi connectivity index (χ2n) is 4.40. The van der Waals surface area contributed by atoms with E-state index in [0.717, 1.165) is 16.7 Å². The summed E-state index contributed by atoms with van der Waals surface area (Å²) in [5, 5.41) is 10.9. The van der Waals surface area contributed by atoms with Crippen LogP contribution in [-0.4, -0.2) is 27.6 Å². The maximum Gasteiger partial charge on any atom is 0.434 e. The number of halogens is 4. The molecule has 0 aliphatic rings. The Kier molecular flexibility index (Phi) is 7.86. The molecule has 24 heavy (non-hydrogen) atoms. The first-order valence-electron chi connectivity index (χ1n) is 6.71. The molecule has 0 saturated heterocycles. The molecule has 0 radical (unpaired) electrons. The van der Waals surface area contributed by atoms with Gasteiger partial charge in [-0.1, -0.05) is 5.16 Å². The zero-order valence-corrected chi connectivity index (χ0v) is 16.0. The van der Waals surface area contributed by atoms with Crippen molar-refractivity contribution in [3.05, 3.63) is 27.8 Å². The molecular weight excluding hydrogens is 460 g/mol. The summed E-state index contributed by atoms with van der Waals surface area (Å²) >= 11 is 0.938. The highest BCUT2D eigenvalue weighted by atomic mass is 127. The molecule has 0 aliphatic heterocycles. The summed E-state index contributed by atoms with van der Waals surface area (Å²) in [5.41, 5.74) is -0.886. The maximum absolute atomic E-state index is 12.5. The van der Waals surface area contributed by atoms with E-state index in [1.165, 1.54) is 0 Å². The van der Waals surface area contributed by atoms with Crippen molar-refractivity contribution in [2.45, 2.75) is 33.1 Å². The van der Waals surface area contributed by atoms with Gasteiger partial charge in [-0.15, -0.1) is 35.3 Å². The molecule has 2 heterocycles. The number of aliphatic imine (C=N–C) groups is 1. The average molecular weight is 476 g/mol. The van der Waals surface area contributed by atoms with Crippen LogP contribution in [0.3, 0.4) is 0 Å². The third kappa shape index (κ3) is 6.22. The normalized spacial score (nSPS) is 12.0. The summed E-state index contributed by atoms with van der Waals surface area (Å²) in [5.74, 6) is 1.29. The predicted octanol–water partition coefficient (Wildman–Crippen LogP) is 2.73. The molecule has 134 valence electrons. The van der Waals surface area contributed by atoms with E-state index in [-0.39, 0.29) is 37.1 Å². The fourth-order valence-corrected chi connectivity index (χ4v) is 2.32. The van der Waals surface area contributed by atoms with E-state index in [0.29, 0.717) is 29.2 Å². The lowest BCUT2D eigenvalue weighted by molar-refractivity contribution is -0.140. The number of nitrogens with zero attached hydrogens (tertiary/aromatic N) is 4. The van der Waals surface area contributed by atoms with Crippen LogP contribution in [0.4, 0.5) is 13.2 Å². The van der Waals surface area contributed by atoms with Gasteiger partial charge in [-0.05, 0) is 6.92 Å². The van der Waals surface area contributed by atoms with Crippen LogP contribution < -0.4 is 10.6 Å². The number of guanidine groups is 1.